The molecule has 7 heteroatoms. The zero-order valence-electron chi connectivity index (χ0n) is 11.7. The summed E-state index contributed by atoms with van der Waals surface area (Å²) in [6, 6.07) is 2.09. The molecule has 0 radical (unpaired) electrons. The van der Waals surface area contributed by atoms with Gasteiger partial charge in [0.1, 0.15) is 5.82 Å². The van der Waals surface area contributed by atoms with E-state index in [1.807, 2.05) is 4.57 Å². The molecule has 0 fully saturated rings. The molecule has 0 atom stereocenters. The predicted molar refractivity (Wildman–Crippen MR) is 80.6 cm³/mol. The molecule has 5 nitrogen and oxygen atoms in total. The van der Waals surface area contributed by atoms with E-state index in [-0.39, 0.29) is 11.7 Å². The van der Waals surface area contributed by atoms with Crippen molar-refractivity contribution < 1.29 is 9.90 Å². The van der Waals surface area contributed by atoms with Crippen LogP contribution < -0.4 is 0 Å². The van der Waals surface area contributed by atoms with E-state index in [4.69, 9.17) is 5.11 Å². The highest BCUT2D eigenvalue weighted by Crippen LogP contribution is 2.25. The molecule has 0 bridgehead atoms. The van der Waals surface area contributed by atoms with E-state index in [2.05, 4.69) is 42.4 Å². The lowest BCUT2D eigenvalue weighted by atomic mass is 10.2. The Kier molecular flexibility index (Phi) is 4.82. The summed E-state index contributed by atoms with van der Waals surface area (Å²) in [7, 11) is 0. The van der Waals surface area contributed by atoms with E-state index in [1.54, 1.807) is 11.3 Å². The quantitative estimate of drug-likeness (QED) is 0.831. The molecular formula is C13H17N3O2S2. The second kappa shape index (κ2) is 6.41. The van der Waals surface area contributed by atoms with Crippen molar-refractivity contribution in [2.45, 2.75) is 38.4 Å². The van der Waals surface area contributed by atoms with Crippen LogP contribution in [0.15, 0.2) is 16.6 Å². The average molecular weight is 311 g/mol. The van der Waals surface area contributed by atoms with Gasteiger partial charge in [0.2, 0.25) is 0 Å². The largest absolute Gasteiger partial charge is 0.481 e. The molecule has 20 heavy (non-hydrogen) atoms. The van der Waals surface area contributed by atoms with Gasteiger partial charge in [-0.1, -0.05) is 25.6 Å². The van der Waals surface area contributed by atoms with Crippen molar-refractivity contribution in [3.8, 4) is 0 Å². The van der Waals surface area contributed by atoms with Crippen LogP contribution in [0.25, 0.3) is 0 Å². The highest BCUT2D eigenvalue weighted by molar-refractivity contribution is 7.99. The maximum Gasteiger partial charge on any atom is 0.313 e. The summed E-state index contributed by atoms with van der Waals surface area (Å²) in [6.07, 6.45) is 0. The van der Waals surface area contributed by atoms with E-state index in [9.17, 15) is 4.79 Å². The fourth-order valence-corrected chi connectivity index (χ4v) is 3.38. The van der Waals surface area contributed by atoms with Gasteiger partial charge in [-0.2, -0.15) is 0 Å². The van der Waals surface area contributed by atoms with Gasteiger partial charge in [-0.05, 0) is 23.9 Å². The fourth-order valence-electron chi connectivity index (χ4n) is 1.82. The molecule has 0 aliphatic heterocycles. The van der Waals surface area contributed by atoms with Crippen LogP contribution in [0.2, 0.25) is 0 Å². The summed E-state index contributed by atoms with van der Waals surface area (Å²) in [5.74, 6) is 0.301. The number of hydrogen-bond donors (Lipinski definition) is 1. The minimum Gasteiger partial charge on any atom is -0.481 e. The molecule has 0 unspecified atom stereocenters. The Morgan fingerprint density at radius 3 is 2.80 bits per heavy atom. The van der Waals surface area contributed by atoms with Gasteiger partial charge in [-0.25, -0.2) is 0 Å². The summed E-state index contributed by atoms with van der Waals surface area (Å²) >= 11 is 2.91. The van der Waals surface area contributed by atoms with Gasteiger partial charge < -0.3 is 9.67 Å². The molecule has 1 N–H and O–H groups in total. The van der Waals surface area contributed by atoms with Gasteiger partial charge in [0.05, 0.1) is 12.3 Å². The van der Waals surface area contributed by atoms with Gasteiger partial charge in [0.25, 0.3) is 0 Å². The summed E-state index contributed by atoms with van der Waals surface area (Å²) in [5, 5.41) is 19.9. The molecule has 2 rings (SSSR count). The highest BCUT2D eigenvalue weighted by Gasteiger charge is 2.17. The van der Waals surface area contributed by atoms with Crippen LogP contribution in [0, 0.1) is 6.92 Å². The molecule has 2 aromatic rings. The number of carboxylic acid groups (broad SMARTS) is 1. The molecule has 0 amide bonds. The van der Waals surface area contributed by atoms with Crippen molar-refractivity contribution in [3.63, 3.8) is 0 Å². The SMILES string of the molecule is Cc1ccsc1Cn1c(SCC(=O)O)nnc1C(C)C. The normalized spacial score (nSPS) is 11.2. The molecule has 0 saturated heterocycles. The number of hydrogen-bond acceptors (Lipinski definition) is 5. The van der Waals surface area contributed by atoms with Gasteiger partial charge in [0, 0.05) is 10.8 Å². The second-order valence-electron chi connectivity index (χ2n) is 4.79. The van der Waals surface area contributed by atoms with E-state index < -0.39 is 5.97 Å². The summed E-state index contributed by atoms with van der Waals surface area (Å²) in [5.41, 5.74) is 1.24. The number of thioether (sulfide) groups is 1. The van der Waals surface area contributed by atoms with Crippen molar-refractivity contribution in [3.05, 3.63) is 27.7 Å². The molecule has 0 spiro atoms. The van der Waals surface area contributed by atoms with Crippen molar-refractivity contribution in [2.24, 2.45) is 0 Å². The van der Waals surface area contributed by atoms with E-state index in [0.29, 0.717) is 11.7 Å². The van der Waals surface area contributed by atoms with E-state index >= 15 is 0 Å². The molecule has 2 aromatic heterocycles. The summed E-state index contributed by atoms with van der Waals surface area (Å²) in [6.45, 7) is 6.90. The van der Waals surface area contributed by atoms with Gasteiger partial charge in [0.15, 0.2) is 5.16 Å². The van der Waals surface area contributed by atoms with E-state index in [1.165, 1.54) is 22.2 Å². The Hall–Kier alpha value is -1.34. The lowest BCUT2D eigenvalue weighted by Gasteiger charge is -2.11. The van der Waals surface area contributed by atoms with Gasteiger partial charge in [-0.15, -0.1) is 21.5 Å². The minimum absolute atomic E-state index is 0.000346. The Morgan fingerprint density at radius 1 is 1.50 bits per heavy atom. The molecule has 108 valence electrons. The van der Waals surface area contributed by atoms with Crippen LogP contribution in [0.5, 0.6) is 0 Å². The Bertz CT molecular complexity index is 605. The molecule has 2 heterocycles. The number of carboxylic acids is 1. The number of aryl methyl sites for hydroxylation is 1. The third kappa shape index (κ3) is 3.40. The lowest BCUT2D eigenvalue weighted by Crippen LogP contribution is -2.09. The van der Waals surface area contributed by atoms with Gasteiger partial charge in [-0.3, -0.25) is 4.79 Å². The minimum atomic E-state index is -0.844. The third-order valence-electron chi connectivity index (χ3n) is 2.86. The maximum atomic E-state index is 10.7. The first-order chi connectivity index (χ1) is 9.49. The van der Waals surface area contributed by atoms with Crippen LogP contribution >= 0.6 is 23.1 Å². The second-order valence-corrected chi connectivity index (χ2v) is 6.73. The first-order valence-electron chi connectivity index (χ1n) is 6.29. The zero-order valence-corrected chi connectivity index (χ0v) is 13.3. The number of nitrogens with zero attached hydrogens (tertiary/aromatic N) is 3. The Labute approximate surface area is 126 Å². The van der Waals surface area contributed by atoms with Crippen molar-refractivity contribution in [2.75, 3.05) is 5.75 Å². The first-order valence-corrected chi connectivity index (χ1v) is 8.16. The summed E-state index contributed by atoms with van der Waals surface area (Å²) in [4.78, 5) is 12.0. The van der Waals surface area contributed by atoms with Crippen molar-refractivity contribution >= 4 is 29.1 Å². The first kappa shape index (κ1) is 15.1. The number of carbonyl (C=O) groups is 1. The third-order valence-corrected chi connectivity index (χ3v) is 4.82. The van der Waals surface area contributed by atoms with Crippen LogP contribution in [0.1, 0.15) is 36.0 Å². The number of aromatic nitrogens is 3. The molecule has 0 aliphatic rings. The average Bonchev–Trinajstić information content (AvgIpc) is 2.95. The number of rotatable bonds is 6. The van der Waals surface area contributed by atoms with E-state index in [0.717, 1.165) is 5.82 Å². The molecule has 0 aromatic carbocycles. The molecule has 0 aliphatic carbocycles. The van der Waals surface area contributed by atoms with Gasteiger partial charge >= 0.3 is 5.97 Å². The fraction of sp³-hybridized carbons (Fsp3) is 0.462. The number of thiophene rings is 1. The Balaban J connectivity index is 2.29. The Morgan fingerprint density at radius 2 is 2.25 bits per heavy atom. The van der Waals surface area contributed by atoms with Crippen molar-refractivity contribution in [1.82, 2.24) is 14.8 Å². The van der Waals surface area contributed by atoms with Crippen LogP contribution in [-0.2, 0) is 11.3 Å². The standard InChI is InChI=1S/C13H17N3O2S2/c1-8(2)12-14-15-13(20-7-11(17)18)16(12)6-10-9(3)4-5-19-10/h4-5,8H,6-7H2,1-3H3,(H,17,18). The smallest absolute Gasteiger partial charge is 0.313 e. The number of aliphatic carboxylic acids is 1. The lowest BCUT2D eigenvalue weighted by molar-refractivity contribution is -0.133. The van der Waals surface area contributed by atoms with Crippen LogP contribution in [0.4, 0.5) is 0 Å². The molecule has 0 saturated carbocycles. The zero-order chi connectivity index (χ0) is 14.7. The topological polar surface area (TPSA) is 68.0 Å². The highest BCUT2D eigenvalue weighted by atomic mass is 32.2. The predicted octanol–water partition coefficient (Wildman–Crippen LogP) is 3.00. The maximum absolute atomic E-state index is 10.7. The van der Waals surface area contributed by atoms with Crippen molar-refractivity contribution in [1.29, 1.82) is 0 Å². The summed E-state index contributed by atoms with van der Waals surface area (Å²) < 4.78 is 2.02. The van der Waals surface area contributed by atoms with Crippen LogP contribution in [0.3, 0.4) is 0 Å². The monoisotopic (exact) mass is 311 g/mol. The van der Waals surface area contributed by atoms with Crippen LogP contribution in [-0.4, -0.2) is 31.6 Å². The molecular weight excluding hydrogens is 294 g/mol.